The molecule has 0 heterocycles. The van der Waals surface area contributed by atoms with Crippen LogP contribution in [0.1, 0.15) is 45.4 Å². The van der Waals surface area contributed by atoms with Crippen molar-refractivity contribution in [3.8, 4) is 0 Å². The molecule has 4 nitrogen and oxygen atoms in total. The lowest BCUT2D eigenvalue weighted by atomic mass is 10.1. The van der Waals surface area contributed by atoms with Crippen LogP contribution in [0.5, 0.6) is 0 Å². The lowest BCUT2D eigenvalue weighted by molar-refractivity contribution is -0.873. The van der Waals surface area contributed by atoms with Crippen LogP contribution in [-0.2, 0) is 9.53 Å². The second kappa shape index (κ2) is 11.4. The first-order valence-electron chi connectivity index (χ1n) is 7.84. The molecule has 0 aliphatic heterocycles. The average molecular weight is 298 g/mol. The lowest BCUT2D eigenvalue weighted by Gasteiger charge is -2.28. The molecule has 1 atom stereocenters. The van der Waals surface area contributed by atoms with Crippen LogP contribution in [0.4, 0.5) is 0 Å². The third kappa shape index (κ3) is 14.9. The third-order valence-electron chi connectivity index (χ3n) is 2.97. The van der Waals surface area contributed by atoms with Gasteiger partial charge in [-0.15, -0.1) is 0 Å². The van der Waals surface area contributed by atoms with Crippen molar-refractivity contribution in [2.75, 3.05) is 27.7 Å². The second-order valence-electron chi connectivity index (χ2n) is 6.43. The Kier molecular flexibility index (Phi) is 10.7. The minimum atomic E-state index is -0.826. The molecule has 0 aromatic heterocycles. The van der Waals surface area contributed by atoms with Crippen molar-refractivity contribution in [1.82, 2.24) is 0 Å². The summed E-state index contributed by atoms with van der Waals surface area (Å²) in [7, 11) is 6.08. The topological polar surface area (TPSA) is 46.5 Å². The van der Waals surface area contributed by atoms with Crippen molar-refractivity contribution in [1.29, 1.82) is 0 Å². The van der Waals surface area contributed by atoms with E-state index in [0.717, 1.165) is 6.42 Å². The van der Waals surface area contributed by atoms with E-state index in [0.29, 0.717) is 11.0 Å². The molecule has 0 aliphatic carbocycles. The van der Waals surface area contributed by atoms with Crippen LogP contribution in [-0.4, -0.2) is 49.4 Å². The van der Waals surface area contributed by atoms with Crippen LogP contribution in [0.3, 0.4) is 0 Å². The van der Waals surface area contributed by atoms with Gasteiger partial charge in [0.2, 0.25) is 0 Å². The number of carbonyl (C=O) groups is 1. The van der Waals surface area contributed by atoms with Gasteiger partial charge in [0.25, 0.3) is 0 Å². The quantitative estimate of drug-likeness (QED) is 0.259. The summed E-state index contributed by atoms with van der Waals surface area (Å²) in [5, 5.41) is 8.90. The van der Waals surface area contributed by atoms with E-state index in [1.54, 1.807) is 6.26 Å². The van der Waals surface area contributed by atoms with E-state index in [1.165, 1.54) is 25.7 Å². The summed E-state index contributed by atoms with van der Waals surface area (Å²) in [4.78, 5) is 10.8. The van der Waals surface area contributed by atoms with Crippen molar-refractivity contribution in [2.24, 2.45) is 0 Å². The number of allylic oxidation sites excluding steroid dienone is 3. The Bertz CT molecular complexity index is 329. The number of likely N-dealkylation sites (N-methyl/N-ethyl adjacent to an activating group) is 1. The van der Waals surface area contributed by atoms with Gasteiger partial charge >= 0.3 is 5.97 Å². The molecule has 0 bridgehead atoms. The highest BCUT2D eigenvalue weighted by Gasteiger charge is 2.21. The Balaban J connectivity index is 4.02. The van der Waals surface area contributed by atoms with E-state index < -0.39 is 5.97 Å². The van der Waals surface area contributed by atoms with Gasteiger partial charge in [0.05, 0.1) is 33.8 Å². The molecule has 0 aromatic rings. The number of rotatable bonds is 12. The Morgan fingerprint density at radius 2 is 1.90 bits per heavy atom. The fourth-order valence-corrected chi connectivity index (χ4v) is 2.03. The fraction of sp³-hybridized carbons (Fsp3) is 0.706. The summed E-state index contributed by atoms with van der Waals surface area (Å²) >= 11 is 0. The summed E-state index contributed by atoms with van der Waals surface area (Å²) in [6.45, 7) is 2.87. The fourth-order valence-electron chi connectivity index (χ4n) is 2.03. The summed E-state index contributed by atoms with van der Waals surface area (Å²) < 4.78 is 6.23. The van der Waals surface area contributed by atoms with Gasteiger partial charge in [0.15, 0.2) is 6.10 Å². The van der Waals surface area contributed by atoms with E-state index >= 15 is 0 Å². The Labute approximate surface area is 129 Å². The minimum Gasteiger partial charge on any atom is -0.492 e. The van der Waals surface area contributed by atoms with E-state index in [9.17, 15) is 4.79 Å². The minimum absolute atomic E-state index is 0.0284. The molecule has 0 amide bonds. The molecule has 21 heavy (non-hydrogen) atoms. The zero-order valence-corrected chi connectivity index (χ0v) is 14.0. The van der Waals surface area contributed by atoms with Crippen molar-refractivity contribution in [3.05, 3.63) is 24.5 Å². The monoisotopic (exact) mass is 298 g/mol. The molecule has 0 saturated carbocycles. The molecule has 1 N–H and O–H groups in total. The number of hydrogen-bond acceptors (Lipinski definition) is 2. The molecule has 0 aromatic carbocycles. The number of quaternary nitrogens is 1. The van der Waals surface area contributed by atoms with Crippen LogP contribution in [0, 0.1) is 0 Å². The number of carboxylic acid groups (broad SMARTS) is 1. The summed E-state index contributed by atoms with van der Waals surface area (Å²) in [5.74, 6) is -0.826. The predicted molar refractivity (Wildman–Crippen MR) is 87.1 cm³/mol. The highest BCUT2D eigenvalue weighted by Crippen LogP contribution is 2.06. The van der Waals surface area contributed by atoms with Gasteiger partial charge < -0.3 is 14.3 Å². The third-order valence-corrected chi connectivity index (χ3v) is 2.97. The van der Waals surface area contributed by atoms with Gasteiger partial charge in [0.1, 0.15) is 6.54 Å². The maximum Gasteiger partial charge on any atom is 0.307 e. The number of aliphatic carboxylic acids is 1. The van der Waals surface area contributed by atoms with Crippen LogP contribution in [0.2, 0.25) is 0 Å². The van der Waals surface area contributed by atoms with E-state index in [1.807, 2.05) is 33.3 Å². The molecule has 122 valence electrons. The van der Waals surface area contributed by atoms with Crippen molar-refractivity contribution >= 4 is 5.97 Å². The number of ether oxygens (including phenoxy) is 1. The van der Waals surface area contributed by atoms with Crippen molar-refractivity contribution in [3.63, 3.8) is 0 Å². The molecular formula is C17H32NO3+. The van der Waals surface area contributed by atoms with Crippen molar-refractivity contribution in [2.45, 2.75) is 51.6 Å². The number of unbranched alkanes of at least 4 members (excludes halogenated alkanes) is 4. The summed E-state index contributed by atoms with van der Waals surface area (Å²) in [5.41, 5.74) is 0. The van der Waals surface area contributed by atoms with Gasteiger partial charge in [-0.05, 0) is 18.9 Å². The average Bonchev–Trinajstić information content (AvgIpc) is 2.34. The number of carboxylic acids is 1. The molecular weight excluding hydrogens is 266 g/mol. The Hall–Kier alpha value is -1.29. The maximum atomic E-state index is 10.8. The van der Waals surface area contributed by atoms with Gasteiger partial charge in [-0.1, -0.05) is 38.3 Å². The number of nitrogens with zero attached hydrogens (tertiary/aromatic N) is 1. The Morgan fingerprint density at radius 1 is 1.19 bits per heavy atom. The zero-order chi connectivity index (χ0) is 16.1. The molecule has 4 heteroatoms. The highest BCUT2D eigenvalue weighted by molar-refractivity contribution is 5.67. The smallest absolute Gasteiger partial charge is 0.307 e. The van der Waals surface area contributed by atoms with Gasteiger partial charge in [0, 0.05) is 0 Å². The molecule has 0 spiro atoms. The zero-order valence-electron chi connectivity index (χ0n) is 14.0. The molecule has 0 unspecified atom stereocenters. The standard InChI is InChI=1S/C17H31NO3/c1-5-6-7-8-9-10-11-12-13-21-16(14-17(19)20)15-18(2,3)4/h10-13,16H,5-9,14-15H2,1-4H3/p+1/t16-/m1/s1. The van der Waals surface area contributed by atoms with Crippen LogP contribution < -0.4 is 0 Å². The van der Waals surface area contributed by atoms with Crippen LogP contribution in [0.25, 0.3) is 0 Å². The van der Waals surface area contributed by atoms with Gasteiger partial charge in [-0.3, -0.25) is 4.79 Å². The molecule has 0 aliphatic rings. The molecule has 0 saturated heterocycles. The molecule has 0 rings (SSSR count). The first-order chi connectivity index (χ1) is 9.85. The largest absolute Gasteiger partial charge is 0.492 e. The predicted octanol–water partition coefficient (Wildman–Crippen LogP) is 3.59. The Morgan fingerprint density at radius 3 is 2.48 bits per heavy atom. The van der Waals surface area contributed by atoms with E-state index in [4.69, 9.17) is 9.84 Å². The lowest BCUT2D eigenvalue weighted by Crippen LogP contribution is -2.42. The van der Waals surface area contributed by atoms with Crippen LogP contribution in [0.15, 0.2) is 24.5 Å². The van der Waals surface area contributed by atoms with Crippen molar-refractivity contribution < 1.29 is 19.1 Å². The molecule has 0 radical (unpaired) electrons. The maximum absolute atomic E-state index is 10.8. The van der Waals surface area contributed by atoms with E-state index in [2.05, 4.69) is 13.0 Å². The highest BCUT2D eigenvalue weighted by atomic mass is 16.5. The summed E-state index contributed by atoms with van der Waals surface area (Å²) in [6.07, 6.45) is 13.4. The normalized spacial score (nSPS) is 13.9. The second-order valence-corrected chi connectivity index (χ2v) is 6.43. The van der Waals surface area contributed by atoms with Gasteiger partial charge in [-0.25, -0.2) is 0 Å². The van der Waals surface area contributed by atoms with Gasteiger partial charge in [-0.2, -0.15) is 0 Å². The van der Waals surface area contributed by atoms with E-state index in [-0.39, 0.29) is 12.5 Å². The number of hydrogen-bond donors (Lipinski definition) is 1. The first kappa shape index (κ1) is 19.7. The SMILES string of the molecule is CCCCCCC=CC=CO[C@H](CC(=O)O)C[N+](C)(C)C. The van der Waals surface area contributed by atoms with Crippen LogP contribution >= 0.6 is 0 Å². The summed E-state index contributed by atoms with van der Waals surface area (Å²) in [6, 6.07) is 0. The molecule has 0 fully saturated rings. The first-order valence-corrected chi connectivity index (χ1v) is 7.84.